The average molecular weight is 286 g/mol. The molecule has 0 aromatic carbocycles. The maximum absolute atomic E-state index is 9.34. The zero-order chi connectivity index (χ0) is 14.5. The summed E-state index contributed by atoms with van der Waals surface area (Å²) in [7, 11) is 0. The maximum atomic E-state index is 9.34. The molecule has 2 aromatic rings. The van der Waals surface area contributed by atoms with E-state index in [1.165, 1.54) is 5.69 Å². The standard InChI is InChI=1S/C16H16ClN3/c1-10-4-12(14(17)8-19-10)13-5-11(7-18)20-9-16(2,3)6-15(13)20/h4-5,8H,6,9H2,1-3H3. The molecule has 0 spiro atoms. The summed E-state index contributed by atoms with van der Waals surface area (Å²) >= 11 is 6.30. The molecular weight excluding hydrogens is 270 g/mol. The van der Waals surface area contributed by atoms with Crippen LogP contribution in [0.2, 0.25) is 5.02 Å². The Balaban J connectivity index is 2.22. The maximum Gasteiger partial charge on any atom is 0.121 e. The van der Waals surface area contributed by atoms with Crippen molar-refractivity contribution < 1.29 is 0 Å². The lowest BCUT2D eigenvalue weighted by molar-refractivity contribution is 0.358. The lowest BCUT2D eigenvalue weighted by Gasteiger charge is -2.15. The molecule has 0 saturated heterocycles. The Hall–Kier alpha value is -1.79. The van der Waals surface area contributed by atoms with Crippen LogP contribution < -0.4 is 0 Å². The number of aryl methyl sites for hydroxylation is 1. The van der Waals surface area contributed by atoms with Gasteiger partial charge in [0, 0.05) is 35.3 Å². The quantitative estimate of drug-likeness (QED) is 0.795. The highest BCUT2D eigenvalue weighted by atomic mass is 35.5. The SMILES string of the molecule is Cc1cc(-c2cc(C#N)n3c2CC(C)(C)C3)c(Cl)cn1. The summed E-state index contributed by atoms with van der Waals surface area (Å²) in [6.45, 7) is 7.28. The summed E-state index contributed by atoms with van der Waals surface area (Å²) in [5.41, 5.74) is 5.08. The minimum Gasteiger partial charge on any atom is -0.335 e. The van der Waals surface area contributed by atoms with Gasteiger partial charge in [0.05, 0.1) is 5.02 Å². The van der Waals surface area contributed by atoms with Crippen LogP contribution in [0, 0.1) is 23.7 Å². The van der Waals surface area contributed by atoms with Crippen LogP contribution in [-0.4, -0.2) is 9.55 Å². The number of rotatable bonds is 1. The van der Waals surface area contributed by atoms with Crippen molar-refractivity contribution in [1.29, 1.82) is 5.26 Å². The Morgan fingerprint density at radius 2 is 2.10 bits per heavy atom. The third kappa shape index (κ3) is 2.01. The highest BCUT2D eigenvalue weighted by molar-refractivity contribution is 6.33. The second kappa shape index (κ2) is 4.36. The highest BCUT2D eigenvalue weighted by Crippen LogP contribution is 2.41. The molecule has 0 N–H and O–H groups in total. The molecule has 0 atom stereocenters. The molecule has 0 unspecified atom stereocenters. The highest BCUT2D eigenvalue weighted by Gasteiger charge is 2.33. The number of fused-ring (bicyclic) bond motifs is 1. The Labute approximate surface area is 123 Å². The van der Waals surface area contributed by atoms with Gasteiger partial charge in [-0.3, -0.25) is 4.98 Å². The Morgan fingerprint density at radius 3 is 2.80 bits per heavy atom. The molecule has 1 aliphatic rings. The predicted molar refractivity (Wildman–Crippen MR) is 79.6 cm³/mol. The molecule has 0 saturated carbocycles. The minimum absolute atomic E-state index is 0.186. The van der Waals surface area contributed by atoms with Crippen molar-refractivity contribution in [1.82, 2.24) is 9.55 Å². The Kier molecular flexibility index (Phi) is 2.88. The molecule has 0 amide bonds. The van der Waals surface area contributed by atoms with E-state index in [1.807, 2.05) is 19.1 Å². The Bertz CT molecular complexity index is 735. The molecule has 2 aromatic heterocycles. The number of nitriles is 1. The molecule has 3 nitrogen and oxygen atoms in total. The molecule has 3 heterocycles. The largest absolute Gasteiger partial charge is 0.335 e. The van der Waals surface area contributed by atoms with Crippen molar-refractivity contribution in [3.8, 4) is 17.2 Å². The zero-order valence-electron chi connectivity index (χ0n) is 11.9. The summed E-state index contributed by atoms with van der Waals surface area (Å²) in [5.74, 6) is 0. The first-order valence-corrected chi connectivity index (χ1v) is 7.04. The molecule has 0 fully saturated rings. The molecule has 0 bridgehead atoms. The number of pyridine rings is 1. The van der Waals surface area contributed by atoms with Crippen LogP contribution >= 0.6 is 11.6 Å². The van der Waals surface area contributed by atoms with E-state index in [4.69, 9.17) is 11.6 Å². The van der Waals surface area contributed by atoms with Crippen molar-refractivity contribution in [2.24, 2.45) is 5.41 Å². The van der Waals surface area contributed by atoms with E-state index in [2.05, 4.69) is 29.5 Å². The Morgan fingerprint density at radius 1 is 1.35 bits per heavy atom. The molecule has 0 aliphatic carbocycles. The van der Waals surface area contributed by atoms with Crippen molar-refractivity contribution in [2.45, 2.75) is 33.7 Å². The van der Waals surface area contributed by atoms with Gasteiger partial charge in [0.25, 0.3) is 0 Å². The van der Waals surface area contributed by atoms with E-state index < -0.39 is 0 Å². The normalized spacial score (nSPS) is 15.9. The van der Waals surface area contributed by atoms with Crippen LogP contribution in [0.5, 0.6) is 0 Å². The van der Waals surface area contributed by atoms with Gasteiger partial charge in [-0.25, -0.2) is 0 Å². The number of halogens is 1. The minimum atomic E-state index is 0.186. The number of hydrogen-bond acceptors (Lipinski definition) is 2. The number of nitrogens with zero attached hydrogens (tertiary/aromatic N) is 3. The molecule has 3 rings (SSSR count). The summed E-state index contributed by atoms with van der Waals surface area (Å²) in [4.78, 5) is 4.21. The first-order valence-electron chi connectivity index (χ1n) is 6.66. The predicted octanol–water partition coefficient (Wildman–Crippen LogP) is 3.97. The molecule has 102 valence electrons. The first kappa shape index (κ1) is 13.2. The van der Waals surface area contributed by atoms with E-state index in [9.17, 15) is 5.26 Å². The second-order valence-electron chi connectivity index (χ2n) is 6.23. The fraction of sp³-hybridized carbons (Fsp3) is 0.375. The van der Waals surface area contributed by atoms with Crippen LogP contribution in [0.25, 0.3) is 11.1 Å². The topological polar surface area (TPSA) is 41.6 Å². The number of aromatic nitrogens is 2. The van der Waals surface area contributed by atoms with Crippen LogP contribution in [0.1, 0.15) is 30.9 Å². The third-order valence-electron chi connectivity index (χ3n) is 3.84. The van der Waals surface area contributed by atoms with Crippen molar-refractivity contribution in [3.05, 3.63) is 40.4 Å². The van der Waals surface area contributed by atoms with Gasteiger partial charge in [-0.05, 0) is 30.9 Å². The second-order valence-corrected chi connectivity index (χ2v) is 6.64. The first-order chi connectivity index (χ1) is 9.41. The van der Waals surface area contributed by atoms with Crippen LogP contribution in [0.3, 0.4) is 0 Å². The van der Waals surface area contributed by atoms with Crippen molar-refractivity contribution >= 4 is 11.6 Å². The van der Waals surface area contributed by atoms with Crippen LogP contribution in [-0.2, 0) is 13.0 Å². The van der Waals surface area contributed by atoms with E-state index in [1.54, 1.807) is 6.20 Å². The van der Waals surface area contributed by atoms with Gasteiger partial charge in [0.1, 0.15) is 11.8 Å². The van der Waals surface area contributed by atoms with Gasteiger partial charge in [-0.2, -0.15) is 5.26 Å². The van der Waals surface area contributed by atoms with Gasteiger partial charge >= 0.3 is 0 Å². The van der Waals surface area contributed by atoms with Gasteiger partial charge in [-0.1, -0.05) is 25.4 Å². The molecular formula is C16H16ClN3. The average Bonchev–Trinajstić information content (AvgIpc) is 2.85. The number of hydrogen-bond donors (Lipinski definition) is 0. The zero-order valence-corrected chi connectivity index (χ0v) is 12.6. The lowest BCUT2D eigenvalue weighted by Crippen LogP contribution is -2.13. The van der Waals surface area contributed by atoms with Crippen LogP contribution in [0.4, 0.5) is 0 Å². The van der Waals surface area contributed by atoms with Crippen molar-refractivity contribution in [2.75, 3.05) is 0 Å². The van der Waals surface area contributed by atoms with E-state index in [-0.39, 0.29) is 5.41 Å². The smallest absolute Gasteiger partial charge is 0.121 e. The summed E-state index contributed by atoms with van der Waals surface area (Å²) in [5, 5.41) is 9.98. The fourth-order valence-electron chi connectivity index (χ4n) is 2.97. The third-order valence-corrected chi connectivity index (χ3v) is 4.14. The molecule has 20 heavy (non-hydrogen) atoms. The van der Waals surface area contributed by atoms with Crippen LogP contribution in [0.15, 0.2) is 18.3 Å². The van der Waals surface area contributed by atoms with E-state index >= 15 is 0 Å². The van der Waals surface area contributed by atoms with Gasteiger partial charge in [-0.15, -0.1) is 0 Å². The molecule has 4 heteroatoms. The lowest BCUT2D eigenvalue weighted by atomic mass is 9.89. The summed E-state index contributed by atoms with van der Waals surface area (Å²) < 4.78 is 2.13. The molecule has 1 aliphatic heterocycles. The fourth-order valence-corrected chi connectivity index (χ4v) is 3.18. The summed E-state index contributed by atoms with van der Waals surface area (Å²) in [6, 6.07) is 6.23. The summed E-state index contributed by atoms with van der Waals surface area (Å²) in [6.07, 6.45) is 2.64. The molecule has 0 radical (unpaired) electrons. The monoisotopic (exact) mass is 285 g/mol. The van der Waals surface area contributed by atoms with Gasteiger partial charge in [0.15, 0.2) is 0 Å². The van der Waals surface area contributed by atoms with E-state index in [0.717, 1.165) is 29.8 Å². The van der Waals surface area contributed by atoms with Crippen molar-refractivity contribution in [3.63, 3.8) is 0 Å². The van der Waals surface area contributed by atoms with Gasteiger partial charge < -0.3 is 4.57 Å². The van der Waals surface area contributed by atoms with E-state index in [0.29, 0.717) is 10.7 Å². The van der Waals surface area contributed by atoms with Gasteiger partial charge in [0.2, 0.25) is 0 Å².